The number of anilines is 1. The van der Waals surface area contributed by atoms with Gasteiger partial charge in [-0.25, -0.2) is 4.98 Å². The highest BCUT2D eigenvalue weighted by Crippen LogP contribution is 2.26. The lowest BCUT2D eigenvalue weighted by Crippen LogP contribution is -2.45. The maximum absolute atomic E-state index is 12.3. The van der Waals surface area contributed by atoms with Crippen LogP contribution in [0.3, 0.4) is 0 Å². The Labute approximate surface area is 134 Å². The van der Waals surface area contributed by atoms with Crippen LogP contribution in [0, 0.1) is 6.92 Å². The summed E-state index contributed by atoms with van der Waals surface area (Å²) < 4.78 is 4.99. The molecule has 1 aliphatic rings. The highest BCUT2D eigenvalue weighted by atomic mass is 16.5. The van der Waals surface area contributed by atoms with Crippen LogP contribution in [0.25, 0.3) is 0 Å². The summed E-state index contributed by atoms with van der Waals surface area (Å²) >= 11 is 0. The maximum atomic E-state index is 12.3. The molecule has 0 unspecified atom stereocenters. The molecule has 0 spiro atoms. The van der Waals surface area contributed by atoms with Gasteiger partial charge in [-0.1, -0.05) is 11.2 Å². The summed E-state index contributed by atoms with van der Waals surface area (Å²) in [5.74, 6) is 0.742. The molecule has 1 amide bonds. The number of rotatable bonds is 4. The summed E-state index contributed by atoms with van der Waals surface area (Å²) in [5.41, 5.74) is -0.306. The van der Waals surface area contributed by atoms with Gasteiger partial charge in [-0.15, -0.1) is 0 Å². The average molecular weight is 316 g/mol. The summed E-state index contributed by atoms with van der Waals surface area (Å²) in [7, 11) is 1.65. The summed E-state index contributed by atoms with van der Waals surface area (Å²) in [6.07, 6.45) is 2.31. The number of pyridine rings is 1. The highest BCUT2D eigenvalue weighted by molar-refractivity contribution is 5.91. The SMILES string of the molecule is Cc1cc(C(=O)N(C)C[C@@]2(O)CCN(c3ccccn3)C2)on1. The Hall–Kier alpha value is -2.41. The first-order valence-corrected chi connectivity index (χ1v) is 7.54. The van der Waals surface area contributed by atoms with E-state index in [2.05, 4.69) is 10.1 Å². The minimum Gasteiger partial charge on any atom is -0.386 e. The molecule has 0 radical (unpaired) electrons. The van der Waals surface area contributed by atoms with Crippen molar-refractivity contribution >= 4 is 11.7 Å². The van der Waals surface area contributed by atoms with Crippen molar-refractivity contribution in [1.29, 1.82) is 0 Å². The van der Waals surface area contributed by atoms with Gasteiger partial charge in [-0.3, -0.25) is 4.79 Å². The van der Waals surface area contributed by atoms with Crippen LogP contribution in [0.1, 0.15) is 22.7 Å². The molecule has 3 rings (SSSR count). The minimum atomic E-state index is -0.961. The minimum absolute atomic E-state index is 0.188. The molecule has 3 heterocycles. The zero-order valence-corrected chi connectivity index (χ0v) is 13.3. The molecule has 7 heteroatoms. The number of aryl methyl sites for hydroxylation is 1. The van der Waals surface area contributed by atoms with Crippen molar-refractivity contribution in [1.82, 2.24) is 15.0 Å². The van der Waals surface area contributed by atoms with E-state index in [4.69, 9.17) is 4.52 Å². The number of nitrogens with zero attached hydrogens (tertiary/aromatic N) is 4. The lowest BCUT2D eigenvalue weighted by Gasteiger charge is -2.28. The number of carbonyl (C=O) groups excluding carboxylic acids is 1. The topological polar surface area (TPSA) is 82.7 Å². The largest absolute Gasteiger partial charge is 0.386 e. The number of likely N-dealkylation sites (N-methyl/N-ethyl adjacent to an activating group) is 1. The second-order valence-electron chi connectivity index (χ2n) is 6.08. The van der Waals surface area contributed by atoms with Crippen LogP contribution in [0.5, 0.6) is 0 Å². The van der Waals surface area contributed by atoms with E-state index in [9.17, 15) is 9.90 Å². The van der Waals surface area contributed by atoms with Gasteiger partial charge in [-0.05, 0) is 25.5 Å². The number of carbonyl (C=O) groups is 1. The lowest BCUT2D eigenvalue weighted by atomic mass is 10.0. The van der Waals surface area contributed by atoms with E-state index < -0.39 is 5.60 Å². The van der Waals surface area contributed by atoms with Gasteiger partial charge < -0.3 is 19.4 Å². The molecule has 1 aliphatic heterocycles. The van der Waals surface area contributed by atoms with Gasteiger partial charge in [0.05, 0.1) is 12.2 Å². The van der Waals surface area contributed by atoms with Crippen LogP contribution in [-0.2, 0) is 0 Å². The van der Waals surface area contributed by atoms with Crippen LogP contribution in [0.4, 0.5) is 5.82 Å². The molecule has 0 aromatic carbocycles. The van der Waals surface area contributed by atoms with E-state index in [1.807, 2.05) is 23.1 Å². The molecule has 0 bridgehead atoms. The first-order chi connectivity index (χ1) is 11.0. The summed E-state index contributed by atoms with van der Waals surface area (Å²) in [5, 5.41) is 14.5. The average Bonchev–Trinajstić information content (AvgIpc) is 3.14. The quantitative estimate of drug-likeness (QED) is 0.909. The molecular weight excluding hydrogens is 296 g/mol. The highest BCUT2D eigenvalue weighted by Gasteiger charge is 2.38. The van der Waals surface area contributed by atoms with Crippen molar-refractivity contribution in [2.24, 2.45) is 0 Å². The Morgan fingerprint density at radius 3 is 3.00 bits per heavy atom. The van der Waals surface area contributed by atoms with Crippen molar-refractivity contribution < 1.29 is 14.4 Å². The summed E-state index contributed by atoms with van der Waals surface area (Å²) in [4.78, 5) is 20.1. The van der Waals surface area contributed by atoms with Crippen LogP contribution < -0.4 is 4.90 Å². The Morgan fingerprint density at radius 2 is 2.35 bits per heavy atom. The molecule has 122 valence electrons. The third kappa shape index (κ3) is 3.34. The zero-order chi connectivity index (χ0) is 16.4. The van der Waals surface area contributed by atoms with Gasteiger partial charge in [0.2, 0.25) is 5.76 Å². The molecule has 0 aliphatic carbocycles. The molecule has 1 N–H and O–H groups in total. The third-order valence-electron chi connectivity index (χ3n) is 4.02. The van der Waals surface area contributed by atoms with E-state index >= 15 is 0 Å². The van der Waals surface area contributed by atoms with Gasteiger partial charge in [0, 0.05) is 32.4 Å². The molecule has 0 saturated carbocycles. The first kappa shape index (κ1) is 15.5. The fraction of sp³-hybridized carbons (Fsp3) is 0.438. The monoisotopic (exact) mass is 316 g/mol. The number of β-amino-alcohol motifs (C(OH)–C–C–N with tert-alkyl or cyclic N) is 1. The van der Waals surface area contributed by atoms with Gasteiger partial charge in [0.15, 0.2) is 0 Å². The zero-order valence-electron chi connectivity index (χ0n) is 13.3. The van der Waals surface area contributed by atoms with Gasteiger partial charge >= 0.3 is 0 Å². The summed E-state index contributed by atoms with van der Waals surface area (Å²) in [6.45, 7) is 3.14. The molecule has 1 saturated heterocycles. The molecule has 1 fully saturated rings. The molecule has 2 aromatic rings. The predicted molar refractivity (Wildman–Crippen MR) is 84.2 cm³/mol. The van der Waals surface area contributed by atoms with Gasteiger partial charge in [-0.2, -0.15) is 0 Å². The van der Waals surface area contributed by atoms with Gasteiger partial charge in [0.25, 0.3) is 5.91 Å². The van der Waals surface area contributed by atoms with Crippen molar-refractivity contribution in [2.45, 2.75) is 18.9 Å². The smallest absolute Gasteiger partial charge is 0.292 e. The Morgan fingerprint density at radius 1 is 1.52 bits per heavy atom. The molecule has 23 heavy (non-hydrogen) atoms. The summed E-state index contributed by atoms with van der Waals surface area (Å²) in [6, 6.07) is 7.29. The van der Waals surface area contributed by atoms with E-state index in [1.54, 1.807) is 26.2 Å². The second kappa shape index (κ2) is 6.00. The Bertz CT molecular complexity index is 688. The van der Waals surface area contributed by atoms with E-state index in [0.29, 0.717) is 25.2 Å². The fourth-order valence-electron chi connectivity index (χ4n) is 2.89. The lowest BCUT2D eigenvalue weighted by molar-refractivity contribution is 0.0248. The van der Waals surface area contributed by atoms with E-state index in [-0.39, 0.29) is 18.2 Å². The standard InChI is InChI=1S/C16H20N4O3/c1-12-9-13(23-18-12)15(21)19(2)10-16(22)6-8-20(11-16)14-5-3-4-7-17-14/h3-5,7,9,22H,6,8,10-11H2,1-2H3/t16-/m0/s1. The predicted octanol–water partition coefficient (Wildman–Crippen LogP) is 1.09. The van der Waals surface area contributed by atoms with Crippen molar-refractivity contribution in [3.63, 3.8) is 0 Å². The number of amides is 1. The van der Waals surface area contributed by atoms with Crippen LogP contribution in [-0.4, -0.2) is 58.3 Å². The number of hydrogen-bond acceptors (Lipinski definition) is 6. The van der Waals surface area contributed by atoms with Crippen LogP contribution in [0.15, 0.2) is 35.0 Å². The molecular formula is C16H20N4O3. The second-order valence-corrected chi connectivity index (χ2v) is 6.08. The Balaban J connectivity index is 1.64. The number of aromatic nitrogens is 2. The van der Waals surface area contributed by atoms with E-state index in [0.717, 1.165) is 5.82 Å². The van der Waals surface area contributed by atoms with Crippen LogP contribution in [0.2, 0.25) is 0 Å². The van der Waals surface area contributed by atoms with Gasteiger partial charge in [0.1, 0.15) is 11.4 Å². The number of aliphatic hydroxyl groups is 1. The molecule has 7 nitrogen and oxygen atoms in total. The third-order valence-corrected chi connectivity index (χ3v) is 4.02. The maximum Gasteiger partial charge on any atom is 0.292 e. The van der Waals surface area contributed by atoms with Crippen molar-refractivity contribution in [2.75, 3.05) is 31.6 Å². The first-order valence-electron chi connectivity index (χ1n) is 7.54. The van der Waals surface area contributed by atoms with Crippen molar-refractivity contribution in [3.8, 4) is 0 Å². The Kier molecular flexibility index (Phi) is 4.04. The van der Waals surface area contributed by atoms with Crippen molar-refractivity contribution in [3.05, 3.63) is 41.9 Å². The molecule has 2 aromatic heterocycles. The number of hydrogen-bond donors (Lipinski definition) is 1. The normalized spacial score (nSPS) is 20.7. The van der Waals surface area contributed by atoms with E-state index in [1.165, 1.54) is 4.90 Å². The molecule has 1 atom stereocenters. The fourth-order valence-corrected chi connectivity index (χ4v) is 2.89. The van der Waals surface area contributed by atoms with Crippen LogP contribution >= 0.6 is 0 Å².